The first-order chi connectivity index (χ1) is 12.3. The molecule has 0 saturated carbocycles. The van der Waals surface area contributed by atoms with Gasteiger partial charge in [0.15, 0.2) is 0 Å². The smallest absolute Gasteiger partial charge is 0.336 e. The molecule has 26 heavy (non-hydrogen) atoms. The molecule has 0 aliphatic heterocycles. The molecule has 2 aromatic rings. The van der Waals surface area contributed by atoms with Gasteiger partial charge < -0.3 is 15.5 Å². The third-order valence-corrected chi connectivity index (χ3v) is 3.54. The first-order valence-electron chi connectivity index (χ1n) is 7.82. The highest BCUT2D eigenvalue weighted by molar-refractivity contribution is 5.92. The van der Waals surface area contributed by atoms with Gasteiger partial charge in [0.1, 0.15) is 0 Å². The molecule has 3 amide bonds. The number of carbonyl (C=O) groups is 2. The monoisotopic (exact) mass is 365 g/mol. The van der Waals surface area contributed by atoms with Crippen molar-refractivity contribution < 1.29 is 22.8 Å². The summed E-state index contributed by atoms with van der Waals surface area (Å²) in [6, 6.07) is 12.7. The van der Waals surface area contributed by atoms with Gasteiger partial charge in [-0.05, 0) is 36.4 Å². The minimum Gasteiger partial charge on any atom is -0.336 e. The summed E-state index contributed by atoms with van der Waals surface area (Å²) in [5, 5.41) is 5.23. The van der Waals surface area contributed by atoms with Gasteiger partial charge >= 0.3 is 12.2 Å². The highest BCUT2D eigenvalue weighted by atomic mass is 19.4. The fourth-order valence-corrected chi connectivity index (χ4v) is 2.28. The van der Waals surface area contributed by atoms with Crippen LogP contribution in [-0.2, 0) is 11.0 Å². The lowest BCUT2D eigenvalue weighted by Gasteiger charge is -2.22. The van der Waals surface area contributed by atoms with Crippen LogP contribution in [-0.4, -0.2) is 25.0 Å². The molecule has 0 aromatic heterocycles. The maximum absolute atomic E-state index is 12.6. The molecule has 0 aliphatic rings. The Hall–Kier alpha value is -3.03. The van der Waals surface area contributed by atoms with Crippen molar-refractivity contribution in [1.82, 2.24) is 5.32 Å². The lowest BCUT2D eigenvalue weighted by Crippen LogP contribution is -2.39. The van der Waals surface area contributed by atoms with Crippen LogP contribution in [0.25, 0.3) is 0 Å². The zero-order chi connectivity index (χ0) is 19.2. The van der Waals surface area contributed by atoms with Crippen LogP contribution in [0.4, 0.5) is 29.3 Å². The van der Waals surface area contributed by atoms with E-state index in [-0.39, 0.29) is 19.0 Å². The van der Waals surface area contributed by atoms with Crippen molar-refractivity contribution in [1.29, 1.82) is 0 Å². The van der Waals surface area contributed by atoms with E-state index >= 15 is 0 Å². The third kappa shape index (κ3) is 5.51. The van der Waals surface area contributed by atoms with E-state index in [9.17, 15) is 22.8 Å². The van der Waals surface area contributed by atoms with Gasteiger partial charge in [0.05, 0.1) is 5.56 Å². The van der Waals surface area contributed by atoms with E-state index in [2.05, 4.69) is 10.6 Å². The Kier molecular flexibility index (Phi) is 6.21. The molecule has 8 heteroatoms. The second-order valence-corrected chi connectivity index (χ2v) is 5.46. The summed E-state index contributed by atoms with van der Waals surface area (Å²) in [4.78, 5) is 24.9. The summed E-state index contributed by atoms with van der Waals surface area (Å²) < 4.78 is 37.8. The number of amides is 3. The van der Waals surface area contributed by atoms with E-state index in [0.29, 0.717) is 11.4 Å². The van der Waals surface area contributed by atoms with Crippen LogP contribution in [0, 0.1) is 0 Å². The quantitative estimate of drug-likeness (QED) is 0.845. The second kappa shape index (κ2) is 8.37. The number of alkyl halides is 3. The number of benzene rings is 2. The minimum atomic E-state index is -4.43. The van der Waals surface area contributed by atoms with Crippen molar-refractivity contribution in [3.63, 3.8) is 0 Å². The molecule has 0 aliphatic carbocycles. The minimum absolute atomic E-state index is 0.128. The Morgan fingerprint density at radius 2 is 1.62 bits per heavy atom. The van der Waals surface area contributed by atoms with E-state index < -0.39 is 17.8 Å². The number of rotatable bonds is 5. The number of para-hydroxylation sites is 1. The SMILES string of the molecule is CC(=O)N(CCNC(=O)Nc1ccccc1)c1ccc(C(F)(F)F)cc1. The van der Waals surface area contributed by atoms with E-state index in [1.165, 1.54) is 24.0 Å². The highest BCUT2D eigenvalue weighted by Crippen LogP contribution is 2.30. The van der Waals surface area contributed by atoms with Crippen molar-refractivity contribution >= 4 is 23.3 Å². The van der Waals surface area contributed by atoms with Crippen LogP contribution >= 0.6 is 0 Å². The van der Waals surface area contributed by atoms with E-state index in [1.807, 2.05) is 6.07 Å². The van der Waals surface area contributed by atoms with Crippen LogP contribution in [0.15, 0.2) is 54.6 Å². The molecule has 2 N–H and O–H groups in total. The molecule has 0 atom stereocenters. The first kappa shape index (κ1) is 19.3. The molecule has 0 heterocycles. The van der Waals surface area contributed by atoms with Gasteiger partial charge in [-0.1, -0.05) is 18.2 Å². The topological polar surface area (TPSA) is 61.4 Å². The van der Waals surface area contributed by atoms with Gasteiger partial charge in [0.25, 0.3) is 0 Å². The largest absolute Gasteiger partial charge is 0.416 e. The molecule has 5 nitrogen and oxygen atoms in total. The number of hydrogen-bond donors (Lipinski definition) is 2. The Morgan fingerprint density at radius 3 is 2.15 bits per heavy atom. The summed E-state index contributed by atoms with van der Waals surface area (Å²) in [5.41, 5.74) is 0.164. The maximum Gasteiger partial charge on any atom is 0.416 e. The van der Waals surface area contributed by atoms with Gasteiger partial charge in [-0.2, -0.15) is 13.2 Å². The molecule has 138 valence electrons. The van der Waals surface area contributed by atoms with Crippen molar-refractivity contribution in [3.8, 4) is 0 Å². The molecule has 0 fully saturated rings. The first-order valence-corrected chi connectivity index (χ1v) is 7.82. The molecule has 0 spiro atoms. The average molecular weight is 365 g/mol. The maximum atomic E-state index is 12.6. The summed E-state index contributed by atoms with van der Waals surface area (Å²) in [6.45, 7) is 1.57. The Morgan fingerprint density at radius 1 is 1.00 bits per heavy atom. The molecular weight excluding hydrogens is 347 g/mol. The van der Waals surface area contributed by atoms with Crippen molar-refractivity contribution in [3.05, 3.63) is 60.2 Å². The summed E-state index contributed by atoms with van der Waals surface area (Å²) in [6.07, 6.45) is -4.43. The van der Waals surface area contributed by atoms with Crippen molar-refractivity contribution in [2.24, 2.45) is 0 Å². The fraction of sp³-hybridized carbons (Fsp3) is 0.222. The summed E-state index contributed by atoms with van der Waals surface area (Å²) in [7, 11) is 0. The van der Waals surface area contributed by atoms with Gasteiger partial charge in [0.2, 0.25) is 5.91 Å². The predicted molar refractivity (Wildman–Crippen MR) is 92.9 cm³/mol. The summed E-state index contributed by atoms with van der Waals surface area (Å²) in [5.74, 6) is -0.338. The zero-order valence-electron chi connectivity index (χ0n) is 14.0. The predicted octanol–water partition coefficient (Wildman–Crippen LogP) is 3.88. The molecule has 0 saturated heterocycles. The number of nitrogens with one attached hydrogen (secondary N) is 2. The number of anilines is 2. The molecule has 0 bridgehead atoms. The van der Waals surface area contributed by atoms with E-state index in [0.717, 1.165) is 12.1 Å². The number of carbonyl (C=O) groups excluding carboxylic acids is 2. The number of urea groups is 1. The number of hydrogen-bond acceptors (Lipinski definition) is 2. The summed E-state index contributed by atoms with van der Waals surface area (Å²) >= 11 is 0. The highest BCUT2D eigenvalue weighted by Gasteiger charge is 2.30. The van der Waals surface area contributed by atoms with Crippen LogP contribution in [0.2, 0.25) is 0 Å². The molecule has 2 rings (SSSR count). The van der Waals surface area contributed by atoms with Gasteiger partial charge in [-0.3, -0.25) is 4.79 Å². The van der Waals surface area contributed by atoms with Crippen LogP contribution < -0.4 is 15.5 Å². The van der Waals surface area contributed by atoms with E-state index in [4.69, 9.17) is 0 Å². The molecule has 0 unspecified atom stereocenters. The molecule has 0 radical (unpaired) electrons. The average Bonchev–Trinajstić information content (AvgIpc) is 2.58. The molecule has 2 aromatic carbocycles. The zero-order valence-corrected chi connectivity index (χ0v) is 14.0. The Labute approximate surface area is 148 Å². The van der Waals surface area contributed by atoms with Crippen LogP contribution in [0.5, 0.6) is 0 Å². The lowest BCUT2D eigenvalue weighted by atomic mass is 10.2. The number of halogens is 3. The third-order valence-electron chi connectivity index (χ3n) is 3.54. The van der Waals surface area contributed by atoms with Crippen molar-refractivity contribution in [2.45, 2.75) is 13.1 Å². The van der Waals surface area contributed by atoms with Crippen LogP contribution in [0.1, 0.15) is 12.5 Å². The van der Waals surface area contributed by atoms with Crippen LogP contribution in [0.3, 0.4) is 0 Å². The standard InChI is InChI=1S/C18H18F3N3O2/c1-13(25)24(16-9-7-14(8-10-16)18(19,20)21)12-11-22-17(26)23-15-5-3-2-4-6-15/h2-10H,11-12H2,1H3,(H2,22,23,26). The Bertz CT molecular complexity index is 747. The lowest BCUT2D eigenvalue weighted by molar-refractivity contribution is -0.137. The fourth-order valence-electron chi connectivity index (χ4n) is 2.28. The number of nitrogens with zero attached hydrogens (tertiary/aromatic N) is 1. The Balaban J connectivity index is 1.92. The van der Waals surface area contributed by atoms with Crippen molar-refractivity contribution in [2.75, 3.05) is 23.3 Å². The normalized spacial score (nSPS) is 10.9. The second-order valence-electron chi connectivity index (χ2n) is 5.46. The molecular formula is C18H18F3N3O2. The van der Waals surface area contributed by atoms with Gasteiger partial charge in [-0.25, -0.2) is 4.79 Å². The van der Waals surface area contributed by atoms with E-state index in [1.54, 1.807) is 24.3 Å². The van der Waals surface area contributed by atoms with Gasteiger partial charge in [0, 0.05) is 31.4 Å². The van der Waals surface area contributed by atoms with Gasteiger partial charge in [-0.15, -0.1) is 0 Å².